The fraction of sp³-hybridized carbons (Fsp3) is 0.909. The SMILES string of the molecule is CC(C)(C)OC(=O)N[C@@H]1CCCCNC1. The average molecular weight is 214 g/mol. The number of hydrogen-bond donors (Lipinski definition) is 2. The Bertz CT molecular complexity index is 203. The van der Waals surface area contributed by atoms with Gasteiger partial charge in [0, 0.05) is 12.6 Å². The van der Waals surface area contributed by atoms with Crippen LogP contribution in [0.25, 0.3) is 0 Å². The molecule has 0 saturated carbocycles. The normalized spacial score (nSPS) is 23.0. The van der Waals surface area contributed by atoms with Gasteiger partial charge in [0.25, 0.3) is 0 Å². The average Bonchev–Trinajstić information content (AvgIpc) is 2.28. The number of amides is 1. The summed E-state index contributed by atoms with van der Waals surface area (Å²) in [7, 11) is 0. The zero-order valence-corrected chi connectivity index (χ0v) is 9.93. The summed E-state index contributed by atoms with van der Waals surface area (Å²) in [6.07, 6.45) is 3.07. The van der Waals surface area contributed by atoms with E-state index >= 15 is 0 Å². The Labute approximate surface area is 91.8 Å². The van der Waals surface area contributed by atoms with Gasteiger partial charge in [0.1, 0.15) is 5.60 Å². The van der Waals surface area contributed by atoms with Crippen molar-refractivity contribution in [2.24, 2.45) is 0 Å². The first-order valence-electron chi connectivity index (χ1n) is 5.67. The Morgan fingerprint density at radius 2 is 2.13 bits per heavy atom. The maximum Gasteiger partial charge on any atom is 0.407 e. The van der Waals surface area contributed by atoms with Crippen molar-refractivity contribution >= 4 is 6.09 Å². The summed E-state index contributed by atoms with van der Waals surface area (Å²) in [5.74, 6) is 0. The summed E-state index contributed by atoms with van der Waals surface area (Å²) in [4.78, 5) is 11.5. The van der Waals surface area contributed by atoms with Gasteiger partial charge in [-0.15, -0.1) is 0 Å². The molecule has 2 N–H and O–H groups in total. The molecule has 1 rings (SSSR count). The van der Waals surface area contributed by atoms with Crippen LogP contribution < -0.4 is 10.6 Å². The largest absolute Gasteiger partial charge is 0.444 e. The summed E-state index contributed by atoms with van der Waals surface area (Å²) < 4.78 is 5.20. The third-order valence-electron chi connectivity index (χ3n) is 2.27. The van der Waals surface area contributed by atoms with Gasteiger partial charge >= 0.3 is 6.09 Å². The number of alkyl carbamates (subject to hydrolysis) is 1. The first-order chi connectivity index (χ1) is 6.97. The highest BCUT2D eigenvalue weighted by Crippen LogP contribution is 2.08. The molecule has 0 aromatic rings. The first kappa shape index (κ1) is 12.3. The summed E-state index contributed by atoms with van der Waals surface area (Å²) in [5, 5.41) is 6.19. The maximum absolute atomic E-state index is 11.5. The minimum atomic E-state index is -0.414. The van der Waals surface area contributed by atoms with Crippen molar-refractivity contribution in [1.82, 2.24) is 10.6 Å². The molecule has 0 bridgehead atoms. The third-order valence-corrected chi connectivity index (χ3v) is 2.27. The van der Waals surface area contributed by atoms with Crippen molar-refractivity contribution in [3.63, 3.8) is 0 Å². The third kappa shape index (κ3) is 5.62. The molecule has 4 heteroatoms. The zero-order valence-electron chi connectivity index (χ0n) is 9.93. The van der Waals surface area contributed by atoms with Crippen LogP contribution in [0.4, 0.5) is 4.79 Å². The van der Waals surface area contributed by atoms with Crippen molar-refractivity contribution in [3.05, 3.63) is 0 Å². The van der Waals surface area contributed by atoms with E-state index in [-0.39, 0.29) is 12.1 Å². The predicted molar refractivity (Wildman–Crippen MR) is 59.9 cm³/mol. The number of carbonyl (C=O) groups is 1. The van der Waals surface area contributed by atoms with Gasteiger partial charge in [-0.3, -0.25) is 0 Å². The quantitative estimate of drug-likeness (QED) is 0.698. The Hall–Kier alpha value is -0.770. The fourth-order valence-corrected chi connectivity index (χ4v) is 1.62. The van der Waals surface area contributed by atoms with Crippen LogP contribution in [0.3, 0.4) is 0 Å². The van der Waals surface area contributed by atoms with Crippen LogP contribution in [-0.4, -0.2) is 30.8 Å². The summed E-state index contributed by atoms with van der Waals surface area (Å²) in [6, 6.07) is 0.211. The Morgan fingerprint density at radius 1 is 1.40 bits per heavy atom. The molecule has 4 nitrogen and oxygen atoms in total. The minimum Gasteiger partial charge on any atom is -0.444 e. The van der Waals surface area contributed by atoms with Crippen LogP contribution in [0.5, 0.6) is 0 Å². The van der Waals surface area contributed by atoms with Crippen molar-refractivity contribution in [2.45, 2.75) is 51.7 Å². The Kier molecular flexibility index (Phi) is 4.39. The summed E-state index contributed by atoms with van der Waals surface area (Å²) >= 11 is 0. The minimum absolute atomic E-state index is 0.211. The lowest BCUT2D eigenvalue weighted by Gasteiger charge is -2.22. The smallest absolute Gasteiger partial charge is 0.407 e. The highest BCUT2D eigenvalue weighted by atomic mass is 16.6. The van der Waals surface area contributed by atoms with Gasteiger partial charge in [-0.2, -0.15) is 0 Å². The van der Waals surface area contributed by atoms with E-state index in [0.717, 1.165) is 25.9 Å². The zero-order chi connectivity index (χ0) is 11.3. The van der Waals surface area contributed by atoms with E-state index in [9.17, 15) is 4.79 Å². The second-order valence-electron chi connectivity index (χ2n) is 5.04. The summed E-state index contributed by atoms with van der Waals surface area (Å²) in [6.45, 7) is 7.51. The monoisotopic (exact) mass is 214 g/mol. The summed E-state index contributed by atoms with van der Waals surface area (Å²) in [5.41, 5.74) is -0.414. The van der Waals surface area contributed by atoms with E-state index in [1.165, 1.54) is 6.42 Å². The second-order valence-corrected chi connectivity index (χ2v) is 5.04. The van der Waals surface area contributed by atoms with E-state index in [1.807, 2.05) is 20.8 Å². The molecule has 88 valence electrons. The van der Waals surface area contributed by atoms with Gasteiger partial charge in [0.05, 0.1) is 0 Å². The van der Waals surface area contributed by atoms with Gasteiger partial charge in [0.15, 0.2) is 0 Å². The van der Waals surface area contributed by atoms with Gasteiger partial charge in [-0.1, -0.05) is 6.42 Å². The molecule has 1 aliphatic heterocycles. The molecule has 0 unspecified atom stereocenters. The molecule has 0 aromatic carbocycles. The lowest BCUT2D eigenvalue weighted by molar-refractivity contribution is 0.0503. The van der Waals surface area contributed by atoms with E-state index in [1.54, 1.807) is 0 Å². The highest BCUT2D eigenvalue weighted by Gasteiger charge is 2.19. The van der Waals surface area contributed by atoms with Crippen molar-refractivity contribution in [2.75, 3.05) is 13.1 Å². The van der Waals surface area contributed by atoms with Crippen molar-refractivity contribution in [1.29, 1.82) is 0 Å². The molecule has 1 saturated heterocycles. The molecular formula is C11H22N2O2. The number of nitrogens with one attached hydrogen (secondary N) is 2. The Balaban J connectivity index is 2.30. The molecule has 1 amide bonds. The van der Waals surface area contributed by atoms with E-state index in [4.69, 9.17) is 4.74 Å². The van der Waals surface area contributed by atoms with Gasteiger partial charge in [-0.05, 0) is 40.2 Å². The molecule has 0 aliphatic carbocycles. The molecule has 1 aliphatic rings. The highest BCUT2D eigenvalue weighted by molar-refractivity contribution is 5.68. The van der Waals surface area contributed by atoms with Crippen LogP contribution in [-0.2, 0) is 4.74 Å². The number of rotatable bonds is 1. The van der Waals surface area contributed by atoms with E-state index < -0.39 is 5.60 Å². The topological polar surface area (TPSA) is 50.4 Å². The van der Waals surface area contributed by atoms with Crippen LogP contribution in [0.2, 0.25) is 0 Å². The molecule has 0 aromatic heterocycles. The predicted octanol–water partition coefficient (Wildman–Crippen LogP) is 1.65. The molecule has 15 heavy (non-hydrogen) atoms. The van der Waals surface area contributed by atoms with Crippen molar-refractivity contribution in [3.8, 4) is 0 Å². The number of hydrogen-bond acceptors (Lipinski definition) is 3. The van der Waals surface area contributed by atoms with Gasteiger partial charge < -0.3 is 15.4 Å². The van der Waals surface area contributed by atoms with Crippen LogP contribution in [0.1, 0.15) is 40.0 Å². The molecule has 0 radical (unpaired) electrons. The molecule has 1 heterocycles. The van der Waals surface area contributed by atoms with Gasteiger partial charge in [0.2, 0.25) is 0 Å². The van der Waals surface area contributed by atoms with E-state index in [2.05, 4.69) is 10.6 Å². The fourth-order valence-electron chi connectivity index (χ4n) is 1.62. The molecule has 0 spiro atoms. The first-order valence-corrected chi connectivity index (χ1v) is 5.67. The standard InChI is InChI=1S/C11H22N2O2/c1-11(2,3)15-10(14)13-9-6-4-5-7-12-8-9/h9,12H,4-8H2,1-3H3,(H,13,14)/t9-/m1/s1. The molecule has 1 fully saturated rings. The molecule has 1 atom stereocenters. The lowest BCUT2D eigenvalue weighted by Crippen LogP contribution is -2.43. The maximum atomic E-state index is 11.5. The van der Waals surface area contributed by atoms with Crippen LogP contribution in [0.15, 0.2) is 0 Å². The van der Waals surface area contributed by atoms with Crippen LogP contribution in [0, 0.1) is 0 Å². The molecular weight excluding hydrogens is 192 g/mol. The number of carbonyl (C=O) groups excluding carboxylic acids is 1. The van der Waals surface area contributed by atoms with E-state index in [0.29, 0.717) is 0 Å². The lowest BCUT2D eigenvalue weighted by atomic mass is 10.1. The number of ether oxygens (including phenoxy) is 1. The second kappa shape index (κ2) is 5.35. The van der Waals surface area contributed by atoms with Crippen molar-refractivity contribution < 1.29 is 9.53 Å². The van der Waals surface area contributed by atoms with Gasteiger partial charge in [-0.25, -0.2) is 4.79 Å². The Morgan fingerprint density at radius 3 is 2.80 bits per heavy atom. The van der Waals surface area contributed by atoms with Crippen LogP contribution >= 0.6 is 0 Å².